The lowest BCUT2D eigenvalue weighted by Gasteiger charge is -2.29. The third-order valence-corrected chi connectivity index (χ3v) is 4.94. The zero-order chi connectivity index (χ0) is 13.2. The Morgan fingerprint density at radius 1 is 1.26 bits per heavy atom. The van der Waals surface area contributed by atoms with Crippen molar-refractivity contribution in [3.63, 3.8) is 0 Å². The van der Waals surface area contributed by atoms with Crippen molar-refractivity contribution in [1.82, 2.24) is 9.97 Å². The molecular formula is C14H20BrN3O. The lowest BCUT2D eigenvalue weighted by atomic mass is 9.96. The molecule has 0 radical (unpaired) electrons. The Morgan fingerprint density at radius 3 is 2.79 bits per heavy atom. The average molecular weight is 326 g/mol. The Bertz CT molecular complexity index is 448. The summed E-state index contributed by atoms with van der Waals surface area (Å²) in [6.07, 6.45) is 9.85. The highest BCUT2D eigenvalue weighted by molar-refractivity contribution is 9.10. The third kappa shape index (κ3) is 2.57. The van der Waals surface area contributed by atoms with Gasteiger partial charge in [0.05, 0.1) is 17.8 Å². The van der Waals surface area contributed by atoms with E-state index < -0.39 is 0 Å². The summed E-state index contributed by atoms with van der Waals surface area (Å²) < 4.78 is 6.10. The van der Waals surface area contributed by atoms with Crippen molar-refractivity contribution in [3.8, 4) is 5.88 Å². The summed E-state index contributed by atoms with van der Waals surface area (Å²) in [6, 6.07) is 0.633. The number of hydrogen-bond acceptors (Lipinski definition) is 4. The van der Waals surface area contributed by atoms with Gasteiger partial charge in [-0.1, -0.05) is 12.8 Å². The molecule has 19 heavy (non-hydrogen) atoms. The van der Waals surface area contributed by atoms with Gasteiger partial charge >= 0.3 is 0 Å². The maximum atomic E-state index is 5.28. The van der Waals surface area contributed by atoms with E-state index in [1.165, 1.54) is 38.5 Å². The van der Waals surface area contributed by atoms with Crippen LogP contribution in [0.25, 0.3) is 0 Å². The van der Waals surface area contributed by atoms with Crippen molar-refractivity contribution in [1.29, 1.82) is 0 Å². The number of anilines is 1. The van der Waals surface area contributed by atoms with Crippen LogP contribution in [0.5, 0.6) is 5.88 Å². The van der Waals surface area contributed by atoms with Crippen LogP contribution in [0.15, 0.2) is 10.7 Å². The molecule has 1 aliphatic carbocycles. The second-order valence-corrected chi connectivity index (χ2v) is 6.33. The first-order valence-corrected chi connectivity index (χ1v) is 7.92. The van der Waals surface area contributed by atoms with Crippen molar-refractivity contribution in [2.75, 3.05) is 18.6 Å². The summed E-state index contributed by atoms with van der Waals surface area (Å²) in [5.74, 6) is 2.29. The SMILES string of the molecule is COc1nc(N2CCCC2C2CCCC2)ncc1Br. The molecule has 1 saturated heterocycles. The quantitative estimate of drug-likeness (QED) is 0.853. The molecule has 1 saturated carbocycles. The number of aromatic nitrogens is 2. The van der Waals surface area contributed by atoms with Crippen LogP contribution in [0.2, 0.25) is 0 Å². The van der Waals surface area contributed by atoms with Gasteiger partial charge in [-0.25, -0.2) is 4.98 Å². The molecule has 0 bridgehead atoms. The smallest absolute Gasteiger partial charge is 0.232 e. The number of rotatable bonds is 3. The fraction of sp³-hybridized carbons (Fsp3) is 0.714. The lowest BCUT2D eigenvalue weighted by Crippen LogP contribution is -2.35. The molecule has 0 N–H and O–H groups in total. The topological polar surface area (TPSA) is 38.2 Å². The van der Waals surface area contributed by atoms with Crippen LogP contribution in [0, 0.1) is 5.92 Å². The first-order valence-electron chi connectivity index (χ1n) is 7.13. The van der Waals surface area contributed by atoms with E-state index in [1.807, 2.05) is 0 Å². The summed E-state index contributed by atoms with van der Waals surface area (Å²) in [5.41, 5.74) is 0. The highest BCUT2D eigenvalue weighted by Crippen LogP contribution is 2.37. The highest BCUT2D eigenvalue weighted by atomic mass is 79.9. The van der Waals surface area contributed by atoms with Crippen LogP contribution in [-0.4, -0.2) is 29.7 Å². The molecule has 1 aliphatic heterocycles. The molecule has 0 amide bonds. The first-order chi connectivity index (χ1) is 9.29. The average Bonchev–Trinajstić information content (AvgIpc) is 3.09. The number of ether oxygens (including phenoxy) is 1. The molecule has 0 aromatic carbocycles. The Labute approximate surface area is 122 Å². The summed E-state index contributed by atoms with van der Waals surface area (Å²) in [5, 5.41) is 0. The predicted octanol–water partition coefficient (Wildman–Crippen LogP) is 3.41. The molecule has 2 aliphatic rings. The molecule has 2 heterocycles. The van der Waals surface area contributed by atoms with Gasteiger partial charge in [-0.3, -0.25) is 0 Å². The molecule has 1 aromatic heterocycles. The fourth-order valence-corrected chi connectivity index (χ4v) is 3.85. The predicted molar refractivity (Wildman–Crippen MR) is 78.6 cm³/mol. The van der Waals surface area contributed by atoms with Gasteiger partial charge in [-0.05, 0) is 47.5 Å². The molecule has 2 fully saturated rings. The van der Waals surface area contributed by atoms with Crippen molar-refractivity contribution in [3.05, 3.63) is 10.7 Å². The minimum Gasteiger partial charge on any atom is -0.480 e. The second-order valence-electron chi connectivity index (χ2n) is 5.47. The first kappa shape index (κ1) is 13.2. The van der Waals surface area contributed by atoms with E-state index >= 15 is 0 Å². The Morgan fingerprint density at radius 2 is 2.05 bits per heavy atom. The summed E-state index contributed by atoms with van der Waals surface area (Å²) in [6.45, 7) is 1.08. The van der Waals surface area contributed by atoms with Gasteiger partial charge in [-0.2, -0.15) is 4.98 Å². The monoisotopic (exact) mass is 325 g/mol. The second kappa shape index (κ2) is 5.65. The maximum absolute atomic E-state index is 5.28. The minimum absolute atomic E-state index is 0.627. The molecule has 104 valence electrons. The van der Waals surface area contributed by atoms with Crippen molar-refractivity contribution in [2.24, 2.45) is 5.92 Å². The Balaban J connectivity index is 1.83. The van der Waals surface area contributed by atoms with Crippen molar-refractivity contribution in [2.45, 2.75) is 44.6 Å². The molecule has 4 nitrogen and oxygen atoms in total. The van der Waals surface area contributed by atoms with E-state index in [0.29, 0.717) is 11.9 Å². The molecule has 3 rings (SSSR count). The van der Waals surface area contributed by atoms with E-state index in [4.69, 9.17) is 4.74 Å². The van der Waals surface area contributed by atoms with Crippen molar-refractivity contribution < 1.29 is 4.74 Å². The van der Waals surface area contributed by atoms with Gasteiger partial charge < -0.3 is 9.64 Å². The Kier molecular flexibility index (Phi) is 3.91. The summed E-state index contributed by atoms with van der Waals surface area (Å²) >= 11 is 3.41. The zero-order valence-corrected chi connectivity index (χ0v) is 12.9. The van der Waals surface area contributed by atoms with Crippen LogP contribution in [0.1, 0.15) is 38.5 Å². The van der Waals surface area contributed by atoms with Gasteiger partial charge in [0.1, 0.15) is 0 Å². The van der Waals surface area contributed by atoms with Crippen LogP contribution in [-0.2, 0) is 0 Å². The van der Waals surface area contributed by atoms with Gasteiger partial charge in [0.15, 0.2) is 0 Å². The standard InChI is InChI=1S/C14H20BrN3O/c1-19-13-11(15)9-16-14(17-13)18-8-4-7-12(18)10-5-2-3-6-10/h9-10,12H,2-8H2,1H3. The summed E-state index contributed by atoms with van der Waals surface area (Å²) in [4.78, 5) is 11.4. The van der Waals surface area contributed by atoms with Gasteiger partial charge in [0.2, 0.25) is 11.8 Å². The van der Waals surface area contributed by atoms with E-state index in [-0.39, 0.29) is 0 Å². The normalized spacial score (nSPS) is 24.1. The van der Waals surface area contributed by atoms with E-state index in [9.17, 15) is 0 Å². The molecule has 1 aromatic rings. The number of hydrogen-bond donors (Lipinski definition) is 0. The molecule has 1 atom stereocenters. The molecular weight excluding hydrogens is 306 g/mol. The van der Waals surface area contributed by atoms with E-state index in [0.717, 1.165) is 22.9 Å². The number of methoxy groups -OCH3 is 1. The van der Waals surface area contributed by atoms with Crippen LogP contribution >= 0.6 is 15.9 Å². The van der Waals surface area contributed by atoms with Gasteiger partial charge in [-0.15, -0.1) is 0 Å². The van der Waals surface area contributed by atoms with E-state index in [1.54, 1.807) is 13.3 Å². The van der Waals surface area contributed by atoms with Crippen molar-refractivity contribution >= 4 is 21.9 Å². The molecule has 5 heteroatoms. The van der Waals surface area contributed by atoms with Crippen LogP contribution < -0.4 is 9.64 Å². The third-order valence-electron chi connectivity index (χ3n) is 4.39. The van der Waals surface area contributed by atoms with Gasteiger partial charge in [0.25, 0.3) is 0 Å². The largest absolute Gasteiger partial charge is 0.480 e. The molecule has 1 unspecified atom stereocenters. The highest BCUT2D eigenvalue weighted by Gasteiger charge is 2.34. The zero-order valence-electron chi connectivity index (χ0n) is 11.3. The van der Waals surface area contributed by atoms with E-state index in [2.05, 4.69) is 30.8 Å². The number of halogens is 1. The number of nitrogens with zero attached hydrogens (tertiary/aromatic N) is 3. The fourth-order valence-electron chi connectivity index (χ4n) is 3.50. The van der Waals surface area contributed by atoms with Crippen LogP contribution in [0.4, 0.5) is 5.95 Å². The maximum Gasteiger partial charge on any atom is 0.232 e. The Hall–Kier alpha value is -0.840. The van der Waals surface area contributed by atoms with Gasteiger partial charge in [0, 0.05) is 12.6 Å². The molecule has 0 spiro atoms. The summed E-state index contributed by atoms with van der Waals surface area (Å²) in [7, 11) is 1.65. The van der Waals surface area contributed by atoms with Crippen LogP contribution in [0.3, 0.4) is 0 Å². The minimum atomic E-state index is 0.627. The lowest BCUT2D eigenvalue weighted by molar-refractivity contribution is 0.390.